The minimum Gasteiger partial charge on any atom is -0.480 e. The molecule has 0 aliphatic heterocycles. The summed E-state index contributed by atoms with van der Waals surface area (Å²) in [7, 11) is 0. The fraction of sp³-hybridized carbons (Fsp3) is 0.857. The lowest BCUT2D eigenvalue weighted by atomic mass is 10.2. The number of nitrogens with one attached hydrogen (secondary N) is 1. The lowest BCUT2D eigenvalue weighted by Gasteiger charge is -2.26. The normalized spacial score (nSPS) is 13.8. The number of nitrogens with zero attached hydrogens (tertiary/aromatic N) is 2. The molecule has 3 N–H and O–H groups in total. The van der Waals surface area contributed by atoms with Crippen molar-refractivity contribution in [2.24, 2.45) is 0 Å². The largest absolute Gasteiger partial charge is 0.480 e. The van der Waals surface area contributed by atoms with E-state index >= 15 is 0 Å². The number of urea groups is 1. The number of carboxylic acids is 1. The molecule has 2 atom stereocenters. The van der Waals surface area contributed by atoms with Gasteiger partial charge in [0.25, 0.3) is 0 Å². The van der Waals surface area contributed by atoms with E-state index in [-0.39, 0.29) is 0 Å². The molecule has 0 saturated heterocycles. The Hall–Kier alpha value is -1.34. The number of hydrogen-bond donors (Lipinski definition) is 3. The van der Waals surface area contributed by atoms with Crippen LogP contribution in [0.3, 0.4) is 0 Å². The van der Waals surface area contributed by atoms with E-state index in [4.69, 9.17) is 5.11 Å². The second-order valence-corrected chi connectivity index (χ2v) is 4.97. The van der Waals surface area contributed by atoms with Gasteiger partial charge in [0, 0.05) is 13.1 Å². The van der Waals surface area contributed by atoms with Crippen LogP contribution in [-0.4, -0.2) is 76.9 Å². The monoisotopic (exact) mass is 303 g/mol. The minimum atomic E-state index is -1.28. The van der Waals surface area contributed by atoms with Crippen LogP contribution in [0.1, 0.15) is 34.1 Å². The molecule has 0 aliphatic carbocycles. The molecule has 7 nitrogen and oxygen atoms in total. The molecule has 0 saturated carbocycles. The van der Waals surface area contributed by atoms with Gasteiger partial charge >= 0.3 is 12.0 Å². The van der Waals surface area contributed by atoms with Crippen molar-refractivity contribution in [2.45, 2.75) is 46.3 Å². The first-order chi connectivity index (χ1) is 9.87. The van der Waals surface area contributed by atoms with Crippen LogP contribution in [0.25, 0.3) is 0 Å². The SMILES string of the molecule is CCN(CC)CCCN(CC)C(=O)NC(C(=O)O)C(C)O. The Kier molecular flexibility index (Phi) is 9.73. The van der Waals surface area contributed by atoms with Crippen LogP contribution in [0.2, 0.25) is 0 Å². The van der Waals surface area contributed by atoms with Crippen molar-refractivity contribution in [1.29, 1.82) is 0 Å². The number of carbonyl (C=O) groups excluding carboxylic acids is 1. The van der Waals surface area contributed by atoms with E-state index in [0.717, 1.165) is 26.1 Å². The Labute approximate surface area is 126 Å². The van der Waals surface area contributed by atoms with E-state index in [2.05, 4.69) is 24.1 Å². The molecule has 0 aliphatic rings. The molecule has 0 fully saturated rings. The van der Waals surface area contributed by atoms with Crippen molar-refractivity contribution < 1.29 is 19.8 Å². The van der Waals surface area contributed by atoms with Gasteiger partial charge in [0.05, 0.1) is 6.10 Å². The molecule has 0 aromatic rings. The van der Waals surface area contributed by atoms with Crippen LogP contribution in [0.4, 0.5) is 4.79 Å². The van der Waals surface area contributed by atoms with E-state index in [1.54, 1.807) is 4.90 Å². The summed E-state index contributed by atoms with van der Waals surface area (Å²) in [5.74, 6) is -1.24. The third-order valence-corrected chi connectivity index (χ3v) is 3.49. The smallest absolute Gasteiger partial charge is 0.328 e. The summed E-state index contributed by atoms with van der Waals surface area (Å²) in [5, 5.41) is 20.7. The summed E-state index contributed by atoms with van der Waals surface area (Å²) in [4.78, 5) is 26.8. The molecule has 0 bridgehead atoms. The highest BCUT2D eigenvalue weighted by Gasteiger charge is 2.26. The van der Waals surface area contributed by atoms with Crippen molar-refractivity contribution in [1.82, 2.24) is 15.1 Å². The molecule has 0 spiro atoms. The highest BCUT2D eigenvalue weighted by molar-refractivity contribution is 5.83. The van der Waals surface area contributed by atoms with Crippen molar-refractivity contribution >= 4 is 12.0 Å². The van der Waals surface area contributed by atoms with Crippen molar-refractivity contribution in [3.05, 3.63) is 0 Å². The number of amides is 2. The zero-order valence-electron chi connectivity index (χ0n) is 13.5. The molecule has 2 unspecified atom stereocenters. The molecule has 2 amide bonds. The van der Waals surface area contributed by atoms with E-state index in [9.17, 15) is 14.7 Å². The second kappa shape index (κ2) is 10.4. The Bertz CT molecular complexity index is 319. The number of carboxylic acid groups (broad SMARTS) is 1. The van der Waals surface area contributed by atoms with E-state index < -0.39 is 24.1 Å². The number of aliphatic hydroxyl groups excluding tert-OH is 1. The first-order valence-corrected chi connectivity index (χ1v) is 7.55. The van der Waals surface area contributed by atoms with Gasteiger partial charge in [-0.3, -0.25) is 0 Å². The van der Waals surface area contributed by atoms with Gasteiger partial charge < -0.3 is 25.3 Å². The van der Waals surface area contributed by atoms with Crippen molar-refractivity contribution in [3.8, 4) is 0 Å². The molecule has 21 heavy (non-hydrogen) atoms. The molecule has 124 valence electrons. The van der Waals surface area contributed by atoms with Gasteiger partial charge in [0.15, 0.2) is 6.04 Å². The Balaban J connectivity index is 4.38. The number of hydrogen-bond acceptors (Lipinski definition) is 4. The van der Waals surface area contributed by atoms with Crippen LogP contribution in [-0.2, 0) is 4.79 Å². The topological polar surface area (TPSA) is 93.1 Å². The average molecular weight is 303 g/mol. The summed E-state index contributed by atoms with van der Waals surface area (Å²) >= 11 is 0. The molecule has 0 rings (SSSR count). The van der Waals surface area contributed by atoms with Crippen molar-refractivity contribution in [3.63, 3.8) is 0 Å². The van der Waals surface area contributed by atoms with E-state index in [1.807, 2.05) is 6.92 Å². The molecular weight excluding hydrogens is 274 g/mol. The predicted octanol–water partition coefficient (Wildman–Crippen LogP) is 0.584. The maximum atomic E-state index is 12.0. The minimum absolute atomic E-state index is 0.453. The fourth-order valence-corrected chi connectivity index (χ4v) is 2.04. The zero-order chi connectivity index (χ0) is 16.4. The molecule has 0 radical (unpaired) electrons. The first kappa shape index (κ1) is 19.7. The number of aliphatic carboxylic acids is 1. The summed E-state index contributed by atoms with van der Waals surface area (Å²) in [5.41, 5.74) is 0. The lowest BCUT2D eigenvalue weighted by molar-refractivity contribution is -0.141. The summed E-state index contributed by atoms with van der Waals surface area (Å²) in [6.07, 6.45) is -0.309. The molecule has 0 aromatic heterocycles. The van der Waals surface area contributed by atoms with Crippen LogP contribution in [0.5, 0.6) is 0 Å². The standard InChI is InChI=1S/C14H29N3O4/c1-5-16(6-2)9-8-10-17(7-3)14(21)15-12(11(4)18)13(19)20/h11-12,18H,5-10H2,1-4H3,(H,15,21)(H,19,20). The number of carbonyl (C=O) groups is 2. The third-order valence-electron chi connectivity index (χ3n) is 3.49. The fourth-order valence-electron chi connectivity index (χ4n) is 2.04. The second-order valence-electron chi connectivity index (χ2n) is 4.97. The van der Waals surface area contributed by atoms with Crippen LogP contribution >= 0.6 is 0 Å². The van der Waals surface area contributed by atoms with Gasteiger partial charge in [-0.15, -0.1) is 0 Å². The van der Waals surface area contributed by atoms with Gasteiger partial charge in [-0.05, 0) is 39.9 Å². The van der Waals surface area contributed by atoms with E-state index in [1.165, 1.54) is 6.92 Å². The zero-order valence-corrected chi connectivity index (χ0v) is 13.5. The van der Waals surface area contributed by atoms with E-state index in [0.29, 0.717) is 13.1 Å². The van der Waals surface area contributed by atoms with Gasteiger partial charge in [-0.25, -0.2) is 9.59 Å². The number of aliphatic hydroxyl groups is 1. The first-order valence-electron chi connectivity index (χ1n) is 7.55. The molecule has 7 heteroatoms. The van der Waals surface area contributed by atoms with Crippen molar-refractivity contribution in [2.75, 3.05) is 32.7 Å². The van der Waals surface area contributed by atoms with Gasteiger partial charge in [-0.1, -0.05) is 13.8 Å². The maximum Gasteiger partial charge on any atom is 0.328 e. The Morgan fingerprint density at radius 2 is 1.67 bits per heavy atom. The molecular formula is C14H29N3O4. The quantitative estimate of drug-likeness (QED) is 0.549. The van der Waals surface area contributed by atoms with Gasteiger partial charge in [0.2, 0.25) is 0 Å². The highest BCUT2D eigenvalue weighted by Crippen LogP contribution is 1.99. The summed E-state index contributed by atoms with van der Waals surface area (Å²) in [6, 6.07) is -1.74. The van der Waals surface area contributed by atoms with Crippen LogP contribution < -0.4 is 5.32 Å². The Morgan fingerprint density at radius 1 is 1.10 bits per heavy atom. The van der Waals surface area contributed by atoms with Crippen LogP contribution in [0, 0.1) is 0 Å². The lowest BCUT2D eigenvalue weighted by Crippen LogP contribution is -2.52. The Morgan fingerprint density at radius 3 is 2.05 bits per heavy atom. The average Bonchev–Trinajstić information content (AvgIpc) is 2.44. The number of rotatable bonds is 10. The summed E-state index contributed by atoms with van der Waals surface area (Å²) in [6.45, 7) is 11.3. The third kappa shape index (κ3) is 7.29. The van der Waals surface area contributed by atoms with Gasteiger partial charge in [-0.2, -0.15) is 0 Å². The molecule has 0 heterocycles. The maximum absolute atomic E-state index is 12.0. The highest BCUT2D eigenvalue weighted by atomic mass is 16.4. The summed E-state index contributed by atoms with van der Waals surface area (Å²) < 4.78 is 0. The molecule has 0 aromatic carbocycles. The van der Waals surface area contributed by atoms with Gasteiger partial charge in [0.1, 0.15) is 0 Å². The predicted molar refractivity (Wildman–Crippen MR) is 81.3 cm³/mol. The van der Waals surface area contributed by atoms with Crippen LogP contribution in [0.15, 0.2) is 0 Å².